The van der Waals surface area contributed by atoms with Crippen LogP contribution >= 0.6 is 0 Å². The molecule has 8 heteroatoms. The van der Waals surface area contributed by atoms with Crippen molar-refractivity contribution in [3.8, 4) is 17.2 Å². The van der Waals surface area contributed by atoms with Crippen molar-refractivity contribution in [2.75, 3.05) is 19.5 Å². The minimum Gasteiger partial charge on any atom is -0.497 e. The number of ether oxygens (including phenoxy) is 3. The first-order chi connectivity index (χ1) is 11.8. The minimum atomic E-state index is -4.80. The highest BCUT2D eigenvalue weighted by atomic mass is 19.4. The van der Waals surface area contributed by atoms with Gasteiger partial charge in [0.2, 0.25) is 5.91 Å². The van der Waals surface area contributed by atoms with Crippen LogP contribution < -0.4 is 19.5 Å². The quantitative estimate of drug-likeness (QED) is 0.857. The number of benzene rings is 2. The summed E-state index contributed by atoms with van der Waals surface area (Å²) in [4.78, 5) is 12.2. The number of rotatable bonds is 6. The summed E-state index contributed by atoms with van der Waals surface area (Å²) in [6.07, 6.45) is -4.83. The molecular weight excluding hydrogens is 339 g/mol. The van der Waals surface area contributed by atoms with Gasteiger partial charge in [-0.1, -0.05) is 6.07 Å². The van der Waals surface area contributed by atoms with E-state index in [1.165, 1.54) is 26.4 Å². The summed E-state index contributed by atoms with van der Waals surface area (Å²) in [6, 6.07) is 10.1. The normalized spacial score (nSPS) is 10.9. The number of alkyl halides is 3. The molecule has 1 N–H and O–H groups in total. The number of amides is 1. The molecule has 2 aromatic rings. The summed E-state index contributed by atoms with van der Waals surface area (Å²) in [6.45, 7) is 0. The fourth-order valence-corrected chi connectivity index (χ4v) is 2.17. The van der Waals surface area contributed by atoms with Gasteiger partial charge in [-0.05, 0) is 30.3 Å². The number of carbonyl (C=O) groups is 1. The van der Waals surface area contributed by atoms with Gasteiger partial charge in [0.05, 0.1) is 20.6 Å². The van der Waals surface area contributed by atoms with Gasteiger partial charge in [0.1, 0.15) is 17.2 Å². The molecule has 0 aliphatic carbocycles. The lowest BCUT2D eigenvalue weighted by atomic mass is 10.1. The Morgan fingerprint density at radius 2 is 1.80 bits per heavy atom. The Labute approximate surface area is 142 Å². The van der Waals surface area contributed by atoms with Crippen LogP contribution in [0, 0.1) is 0 Å². The third-order valence-electron chi connectivity index (χ3n) is 3.19. The topological polar surface area (TPSA) is 56.8 Å². The molecule has 0 radical (unpaired) electrons. The number of methoxy groups -OCH3 is 2. The number of nitrogens with one attached hydrogen (secondary N) is 1. The van der Waals surface area contributed by atoms with Crippen LogP contribution in [0.5, 0.6) is 17.2 Å². The van der Waals surface area contributed by atoms with Crippen LogP contribution in [0.2, 0.25) is 0 Å². The van der Waals surface area contributed by atoms with E-state index >= 15 is 0 Å². The highest BCUT2D eigenvalue weighted by Gasteiger charge is 2.31. The van der Waals surface area contributed by atoms with E-state index in [4.69, 9.17) is 9.47 Å². The third kappa shape index (κ3) is 5.59. The summed E-state index contributed by atoms with van der Waals surface area (Å²) < 4.78 is 50.8. The first kappa shape index (κ1) is 18.4. The Hall–Kier alpha value is -2.90. The summed E-state index contributed by atoms with van der Waals surface area (Å²) in [5.74, 6) is 0.231. The first-order valence-electron chi connectivity index (χ1n) is 7.17. The first-order valence-corrected chi connectivity index (χ1v) is 7.17. The monoisotopic (exact) mass is 355 g/mol. The van der Waals surface area contributed by atoms with Gasteiger partial charge in [0.15, 0.2) is 0 Å². The number of hydrogen-bond donors (Lipinski definition) is 1. The Morgan fingerprint density at radius 1 is 1.04 bits per heavy atom. The summed E-state index contributed by atoms with van der Waals surface area (Å²) in [5.41, 5.74) is 0.774. The fraction of sp³-hybridized carbons (Fsp3) is 0.235. The SMILES string of the molecule is COc1ccc(OC)c(CC(=O)Nc2cccc(OC(F)(F)F)c2)c1. The number of anilines is 1. The van der Waals surface area contributed by atoms with Crippen LogP contribution in [0.25, 0.3) is 0 Å². The van der Waals surface area contributed by atoms with Gasteiger partial charge in [0.25, 0.3) is 0 Å². The van der Waals surface area contributed by atoms with Crippen molar-refractivity contribution in [3.05, 3.63) is 48.0 Å². The van der Waals surface area contributed by atoms with E-state index in [9.17, 15) is 18.0 Å². The number of halogens is 3. The zero-order valence-electron chi connectivity index (χ0n) is 13.5. The molecule has 2 aromatic carbocycles. The van der Waals surface area contributed by atoms with Gasteiger partial charge in [-0.3, -0.25) is 4.79 Å². The third-order valence-corrected chi connectivity index (χ3v) is 3.19. The minimum absolute atomic E-state index is 0.0370. The Morgan fingerprint density at radius 3 is 2.44 bits per heavy atom. The zero-order valence-corrected chi connectivity index (χ0v) is 13.5. The Balaban J connectivity index is 2.09. The van der Waals surface area contributed by atoms with Crippen LogP contribution in [0.1, 0.15) is 5.56 Å². The van der Waals surface area contributed by atoms with Crippen LogP contribution in [-0.4, -0.2) is 26.5 Å². The smallest absolute Gasteiger partial charge is 0.497 e. The maximum absolute atomic E-state index is 12.2. The lowest BCUT2D eigenvalue weighted by Gasteiger charge is -2.12. The van der Waals surface area contributed by atoms with Crippen molar-refractivity contribution >= 4 is 11.6 Å². The average Bonchev–Trinajstić information content (AvgIpc) is 2.53. The molecule has 0 saturated carbocycles. The lowest BCUT2D eigenvalue weighted by Crippen LogP contribution is -2.18. The van der Waals surface area contributed by atoms with E-state index in [0.29, 0.717) is 17.1 Å². The van der Waals surface area contributed by atoms with Gasteiger partial charge < -0.3 is 19.5 Å². The van der Waals surface area contributed by atoms with E-state index in [1.54, 1.807) is 18.2 Å². The second-order valence-corrected chi connectivity index (χ2v) is 4.98. The predicted octanol–water partition coefficient (Wildman–Crippen LogP) is 3.78. The van der Waals surface area contributed by atoms with E-state index < -0.39 is 18.0 Å². The molecule has 0 aromatic heterocycles. The molecule has 0 unspecified atom stereocenters. The summed E-state index contributed by atoms with van der Waals surface area (Å²) in [5, 5.41) is 2.52. The lowest BCUT2D eigenvalue weighted by molar-refractivity contribution is -0.274. The van der Waals surface area contributed by atoms with Gasteiger partial charge in [-0.2, -0.15) is 0 Å². The fourth-order valence-electron chi connectivity index (χ4n) is 2.17. The molecule has 0 spiro atoms. The molecule has 5 nitrogen and oxygen atoms in total. The summed E-state index contributed by atoms with van der Waals surface area (Å²) >= 11 is 0. The second-order valence-electron chi connectivity index (χ2n) is 4.98. The molecule has 0 heterocycles. The molecule has 0 saturated heterocycles. The van der Waals surface area contributed by atoms with E-state index in [-0.39, 0.29) is 12.1 Å². The van der Waals surface area contributed by atoms with Gasteiger partial charge in [-0.25, -0.2) is 0 Å². The van der Waals surface area contributed by atoms with Crippen LogP contribution in [-0.2, 0) is 11.2 Å². The van der Waals surface area contributed by atoms with Crippen molar-refractivity contribution in [3.63, 3.8) is 0 Å². The molecule has 0 atom stereocenters. The largest absolute Gasteiger partial charge is 0.573 e. The molecule has 1 amide bonds. The number of carbonyl (C=O) groups excluding carboxylic acids is 1. The van der Waals surface area contributed by atoms with Crippen molar-refractivity contribution in [1.29, 1.82) is 0 Å². The molecule has 134 valence electrons. The second kappa shape index (κ2) is 7.78. The highest BCUT2D eigenvalue weighted by Crippen LogP contribution is 2.26. The van der Waals surface area contributed by atoms with Crippen molar-refractivity contribution in [1.82, 2.24) is 0 Å². The molecule has 2 rings (SSSR count). The molecule has 0 bridgehead atoms. The van der Waals surface area contributed by atoms with E-state index in [0.717, 1.165) is 12.1 Å². The number of hydrogen-bond acceptors (Lipinski definition) is 4. The highest BCUT2D eigenvalue weighted by molar-refractivity contribution is 5.92. The molecule has 0 aliphatic rings. The van der Waals surface area contributed by atoms with Crippen LogP contribution in [0.15, 0.2) is 42.5 Å². The average molecular weight is 355 g/mol. The van der Waals surface area contributed by atoms with Gasteiger partial charge in [-0.15, -0.1) is 13.2 Å². The zero-order chi connectivity index (χ0) is 18.4. The van der Waals surface area contributed by atoms with Crippen molar-refractivity contribution in [2.24, 2.45) is 0 Å². The van der Waals surface area contributed by atoms with Crippen LogP contribution in [0.4, 0.5) is 18.9 Å². The predicted molar refractivity (Wildman–Crippen MR) is 85.0 cm³/mol. The van der Waals surface area contributed by atoms with Crippen molar-refractivity contribution < 1.29 is 32.2 Å². The standard InChI is InChI=1S/C17H16F3NO4/c1-23-13-6-7-15(24-2)11(8-13)9-16(22)21-12-4-3-5-14(10-12)25-17(18,19)20/h3-8,10H,9H2,1-2H3,(H,21,22). The Kier molecular flexibility index (Phi) is 5.74. The van der Waals surface area contributed by atoms with E-state index in [1.807, 2.05) is 0 Å². The van der Waals surface area contributed by atoms with Crippen molar-refractivity contribution in [2.45, 2.75) is 12.8 Å². The maximum Gasteiger partial charge on any atom is 0.573 e. The Bertz CT molecular complexity index is 747. The molecule has 0 fully saturated rings. The van der Waals surface area contributed by atoms with E-state index in [2.05, 4.69) is 10.1 Å². The molecule has 0 aliphatic heterocycles. The van der Waals surface area contributed by atoms with Gasteiger partial charge in [0, 0.05) is 17.3 Å². The molecule has 25 heavy (non-hydrogen) atoms. The maximum atomic E-state index is 12.2. The van der Waals surface area contributed by atoms with Crippen LogP contribution in [0.3, 0.4) is 0 Å². The molecular formula is C17H16F3NO4. The van der Waals surface area contributed by atoms with Gasteiger partial charge >= 0.3 is 6.36 Å². The summed E-state index contributed by atoms with van der Waals surface area (Å²) in [7, 11) is 2.97.